The summed E-state index contributed by atoms with van der Waals surface area (Å²) in [6.45, 7) is 5.35. The minimum Gasteiger partial charge on any atom is -0.489 e. The van der Waals surface area contributed by atoms with Crippen LogP contribution in [0.15, 0.2) is 59.1 Å². The van der Waals surface area contributed by atoms with Gasteiger partial charge in [-0.25, -0.2) is 9.18 Å². The van der Waals surface area contributed by atoms with E-state index in [1.165, 1.54) is 12.1 Å². The van der Waals surface area contributed by atoms with Gasteiger partial charge < -0.3 is 19.3 Å². The van der Waals surface area contributed by atoms with E-state index in [1.807, 2.05) is 30.9 Å². The van der Waals surface area contributed by atoms with Gasteiger partial charge in [-0.1, -0.05) is 65.9 Å². The van der Waals surface area contributed by atoms with Crippen LogP contribution in [0.5, 0.6) is 5.75 Å². The van der Waals surface area contributed by atoms with E-state index in [0.29, 0.717) is 56.6 Å². The second-order valence-corrected chi connectivity index (χ2v) is 10.9. The van der Waals surface area contributed by atoms with Gasteiger partial charge in [0.2, 0.25) is 0 Å². The second-order valence-electron chi connectivity index (χ2n) is 9.70. The number of hydrogen-bond acceptors (Lipinski definition) is 5. The van der Waals surface area contributed by atoms with E-state index in [9.17, 15) is 14.3 Å². The molecule has 10 heteroatoms. The van der Waals surface area contributed by atoms with E-state index >= 15 is 0 Å². The molecule has 0 unspecified atom stereocenters. The Kier molecular flexibility index (Phi) is 7.76. The number of benzene rings is 3. The first-order chi connectivity index (χ1) is 18.6. The number of nitrogens with zero attached hydrogens (tertiary/aromatic N) is 2. The van der Waals surface area contributed by atoms with Gasteiger partial charge in [0.05, 0.1) is 21.2 Å². The van der Waals surface area contributed by atoms with E-state index in [4.69, 9.17) is 44.1 Å². The van der Waals surface area contributed by atoms with Crippen LogP contribution in [-0.2, 0) is 6.61 Å². The molecule has 39 heavy (non-hydrogen) atoms. The molecule has 1 aromatic heterocycles. The fourth-order valence-corrected chi connectivity index (χ4v) is 5.59. The van der Waals surface area contributed by atoms with Crippen molar-refractivity contribution in [3.63, 3.8) is 0 Å². The van der Waals surface area contributed by atoms with Crippen molar-refractivity contribution in [2.45, 2.75) is 32.3 Å². The standard InChI is InChI=1S/C29H24Cl3FN2O4/c1-15(2)28-22(27(34-39-28)26-23(30)4-3-5-24(26)31)14-38-20-6-7-21(25(32)11-20)17-12-35(13-17)19-9-16(29(36)37)8-18(33)10-19/h3-11,15,17H,12-14H2,1-2H3,(H,36,37). The van der Waals surface area contributed by atoms with Crippen molar-refractivity contribution in [3.05, 3.63) is 97.9 Å². The van der Waals surface area contributed by atoms with Gasteiger partial charge in [-0.15, -0.1) is 0 Å². The summed E-state index contributed by atoms with van der Waals surface area (Å²) in [6.07, 6.45) is 0. The minimum absolute atomic E-state index is 0.0586. The maximum Gasteiger partial charge on any atom is 0.335 e. The van der Waals surface area contributed by atoms with Gasteiger partial charge >= 0.3 is 5.97 Å². The fourth-order valence-electron chi connectivity index (χ4n) is 4.69. The number of carboxylic acid groups (broad SMARTS) is 1. The average molecular weight is 590 g/mol. The predicted octanol–water partition coefficient (Wildman–Crippen LogP) is 8.45. The zero-order chi connectivity index (χ0) is 27.8. The lowest BCUT2D eigenvalue weighted by Crippen LogP contribution is -2.45. The molecule has 0 aliphatic carbocycles. The Balaban J connectivity index is 1.31. The summed E-state index contributed by atoms with van der Waals surface area (Å²) in [5.41, 5.74) is 3.27. The third kappa shape index (κ3) is 5.57. The van der Waals surface area contributed by atoms with E-state index < -0.39 is 11.8 Å². The highest BCUT2D eigenvalue weighted by molar-refractivity contribution is 6.39. The molecule has 0 amide bonds. The molecule has 0 saturated carbocycles. The smallest absolute Gasteiger partial charge is 0.335 e. The van der Waals surface area contributed by atoms with Gasteiger partial charge in [0.15, 0.2) is 0 Å². The monoisotopic (exact) mass is 588 g/mol. The van der Waals surface area contributed by atoms with Gasteiger partial charge in [0.25, 0.3) is 0 Å². The van der Waals surface area contributed by atoms with Crippen LogP contribution in [0, 0.1) is 5.82 Å². The molecule has 6 nitrogen and oxygen atoms in total. The summed E-state index contributed by atoms with van der Waals surface area (Å²) in [7, 11) is 0. The summed E-state index contributed by atoms with van der Waals surface area (Å²) in [6, 6.07) is 14.6. The lowest BCUT2D eigenvalue weighted by Gasteiger charge is -2.41. The van der Waals surface area contributed by atoms with Crippen molar-refractivity contribution in [2.75, 3.05) is 18.0 Å². The van der Waals surface area contributed by atoms with E-state index in [-0.39, 0.29) is 24.0 Å². The first-order valence-corrected chi connectivity index (χ1v) is 13.4. The maximum absolute atomic E-state index is 13.9. The zero-order valence-corrected chi connectivity index (χ0v) is 23.3. The molecule has 4 aromatic rings. The number of ether oxygens (including phenoxy) is 1. The summed E-state index contributed by atoms with van der Waals surface area (Å²) >= 11 is 19.5. The molecule has 1 aliphatic rings. The van der Waals surface area contributed by atoms with E-state index in [2.05, 4.69) is 5.16 Å². The fraction of sp³-hybridized carbons (Fsp3) is 0.241. The number of aromatic carboxylic acids is 1. The Hall–Kier alpha value is -3.26. The summed E-state index contributed by atoms with van der Waals surface area (Å²) in [5, 5.41) is 14.9. The number of aromatic nitrogens is 1. The Morgan fingerprint density at radius 1 is 1.10 bits per heavy atom. The number of anilines is 1. The highest BCUT2D eigenvalue weighted by atomic mass is 35.5. The Morgan fingerprint density at radius 3 is 2.46 bits per heavy atom. The van der Waals surface area contributed by atoms with Crippen molar-refractivity contribution in [2.24, 2.45) is 0 Å². The maximum atomic E-state index is 13.9. The van der Waals surface area contributed by atoms with Crippen LogP contribution in [0.4, 0.5) is 10.1 Å². The van der Waals surface area contributed by atoms with Crippen LogP contribution in [0.2, 0.25) is 15.1 Å². The largest absolute Gasteiger partial charge is 0.489 e. The molecule has 0 atom stereocenters. The summed E-state index contributed by atoms with van der Waals surface area (Å²) in [4.78, 5) is 13.2. The number of carbonyl (C=O) groups is 1. The van der Waals surface area contributed by atoms with Gasteiger partial charge in [-0.2, -0.15) is 0 Å². The van der Waals surface area contributed by atoms with Crippen LogP contribution in [0.25, 0.3) is 11.3 Å². The van der Waals surface area contributed by atoms with Crippen molar-refractivity contribution < 1.29 is 23.6 Å². The molecular formula is C29H24Cl3FN2O4. The Bertz CT molecular complexity index is 1530. The normalized spacial score (nSPS) is 13.6. The molecule has 0 radical (unpaired) electrons. The second kappa shape index (κ2) is 11.1. The van der Waals surface area contributed by atoms with E-state index in [0.717, 1.165) is 17.2 Å². The molecule has 1 aliphatic heterocycles. The van der Waals surface area contributed by atoms with Gasteiger partial charge in [-0.3, -0.25) is 0 Å². The van der Waals surface area contributed by atoms with Crippen molar-refractivity contribution in [3.8, 4) is 17.0 Å². The molecule has 5 rings (SSSR count). The van der Waals surface area contributed by atoms with Crippen LogP contribution in [-0.4, -0.2) is 29.3 Å². The number of carboxylic acids is 1. The molecule has 202 valence electrons. The average Bonchev–Trinajstić information content (AvgIpc) is 3.26. The topological polar surface area (TPSA) is 75.8 Å². The predicted molar refractivity (Wildman–Crippen MR) is 150 cm³/mol. The lowest BCUT2D eigenvalue weighted by atomic mass is 9.90. The zero-order valence-electron chi connectivity index (χ0n) is 21.1. The number of rotatable bonds is 8. The Labute approximate surface area is 239 Å². The van der Waals surface area contributed by atoms with Crippen LogP contribution < -0.4 is 9.64 Å². The SMILES string of the molecule is CC(C)c1onc(-c2c(Cl)cccc2Cl)c1COc1ccc(C2CN(c3cc(F)cc(C(=O)O)c3)C2)c(Cl)c1. The van der Waals surface area contributed by atoms with E-state index in [1.54, 1.807) is 24.3 Å². The molecule has 0 bridgehead atoms. The molecule has 0 spiro atoms. The molecule has 2 heterocycles. The Morgan fingerprint density at radius 2 is 1.82 bits per heavy atom. The third-order valence-corrected chi connectivity index (χ3v) is 7.67. The van der Waals surface area contributed by atoms with Crippen LogP contribution >= 0.6 is 34.8 Å². The highest BCUT2D eigenvalue weighted by Gasteiger charge is 2.31. The van der Waals surface area contributed by atoms with Gasteiger partial charge in [0, 0.05) is 41.2 Å². The van der Waals surface area contributed by atoms with Gasteiger partial charge in [0.1, 0.15) is 29.6 Å². The molecule has 1 N–H and O–H groups in total. The van der Waals surface area contributed by atoms with Crippen molar-refractivity contribution in [1.29, 1.82) is 0 Å². The van der Waals surface area contributed by atoms with Gasteiger partial charge in [-0.05, 0) is 48.0 Å². The molecular weight excluding hydrogens is 566 g/mol. The lowest BCUT2D eigenvalue weighted by molar-refractivity contribution is 0.0696. The first kappa shape index (κ1) is 27.3. The highest BCUT2D eigenvalue weighted by Crippen LogP contribution is 2.40. The van der Waals surface area contributed by atoms with Crippen LogP contribution in [0.3, 0.4) is 0 Å². The quantitative estimate of drug-likeness (QED) is 0.222. The summed E-state index contributed by atoms with van der Waals surface area (Å²) < 4.78 is 25.7. The number of hydrogen-bond donors (Lipinski definition) is 1. The first-order valence-electron chi connectivity index (χ1n) is 12.3. The molecule has 3 aromatic carbocycles. The van der Waals surface area contributed by atoms with Crippen LogP contribution in [0.1, 0.15) is 52.9 Å². The van der Waals surface area contributed by atoms with Crippen molar-refractivity contribution >= 4 is 46.5 Å². The van der Waals surface area contributed by atoms with Crippen molar-refractivity contribution in [1.82, 2.24) is 5.16 Å². The molecule has 1 saturated heterocycles. The number of halogens is 4. The third-order valence-electron chi connectivity index (χ3n) is 6.71. The minimum atomic E-state index is -1.17. The summed E-state index contributed by atoms with van der Waals surface area (Å²) in [5.74, 6) is -0.322. The molecule has 1 fully saturated rings.